The minimum Gasteiger partial charge on any atom is -0.480 e. The molecule has 7 heteroatoms. The monoisotopic (exact) mass is 267 g/mol. The van der Waals surface area contributed by atoms with Gasteiger partial charge in [0, 0.05) is 32.5 Å². The van der Waals surface area contributed by atoms with E-state index in [0.717, 1.165) is 5.56 Å². The normalized spacial score (nSPS) is 9.95. The molecule has 0 fully saturated rings. The average molecular weight is 267 g/mol. The van der Waals surface area contributed by atoms with Crippen LogP contribution in [-0.2, 0) is 16.1 Å². The molecule has 1 aromatic rings. The molecule has 7 nitrogen and oxygen atoms in total. The fourth-order valence-electron chi connectivity index (χ4n) is 1.36. The molecule has 0 spiro atoms. The number of carbonyl (C=O) groups excluding carboxylic acids is 1. The summed E-state index contributed by atoms with van der Waals surface area (Å²) in [5.74, 6) is -1.03. The van der Waals surface area contributed by atoms with Gasteiger partial charge in [-0.1, -0.05) is 6.07 Å². The predicted octanol–water partition coefficient (Wildman–Crippen LogP) is 0.324. The van der Waals surface area contributed by atoms with Crippen molar-refractivity contribution in [3.63, 3.8) is 0 Å². The number of aromatic nitrogens is 1. The van der Waals surface area contributed by atoms with E-state index in [0.29, 0.717) is 6.54 Å². The molecule has 0 aliphatic rings. The van der Waals surface area contributed by atoms with Crippen molar-refractivity contribution in [1.82, 2.24) is 15.2 Å². The minimum absolute atomic E-state index is 0.165. The van der Waals surface area contributed by atoms with Crippen LogP contribution in [0.5, 0.6) is 0 Å². The summed E-state index contributed by atoms with van der Waals surface area (Å²) in [4.78, 5) is 27.3. The molecule has 0 saturated heterocycles. The first kappa shape index (κ1) is 14.9. The van der Waals surface area contributed by atoms with Crippen LogP contribution in [0.1, 0.15) is 5.56 Å². The molecule has 0 atom stereocenters. The fourth-order valence-corrected chi connectivity index (χ4v) is 1.36. The van der Waals surface area contributed by atoms with Crippen LogP contribution in [0.3, 0.4) is 0 Å². The van der Waals surface area contributed by atoms with E-state index in [1.807, 2.05) is 6.07 Å². The first-order valence-electron chi connectivity index (χ1n) is 5.77. The second-order valence-corrected chi connectivity index (χ2v) is 3.90. The zero-order valence-corrected chi connectivity index (χ0v) is 10.7. The lowest BCUT2D eigenvalue weighted by Crippen LogP contribution is -2.38. The SMILES string of the molecule is CN(Cc1cccnc1)C(=O)NCCOCC(=O)O. The molecule has 2 N–H and O–H groups in total. The van der Waals surface area contributed by atoms with Crippen LogP contribution < -0.4 is 5.32 Å². The molecule has 0 radical (unpaired) electrons. The number of aliphatic carboxylic acids is 1. The number of hydrogen-bond acceptors (Lipinski definition) is 4. The number of ether oxygens (including phenoxy) is 1. The summed E-state index contributed by atoms with van der Waals surface area (Å²) >= 11 is 0. The van der Waals surface area contributed by atoms with Gasteiger partial charge in [0.25, 0.3) is 0 Å². The highest BCUT2D eigenvalue weighted by molar-refractivity contribution is 5.73. The number of carboxylic acids is 1. The second kappa shape index (κ2) is 8.04. The van der Waals surface area contributed by atoms with Gasteiger partial charge >= 0.3 is 12.0 Å². The third-order valence-corrected chi connectivity index (χ3v) is 2.24. The van der Waals surface area contributed by atoms with Crippen LogP contribution in [0, 0.1) is 0 Å². The van der Waals surface area contributed by atoms with Gasteiger partial charge in [0.05, 0.1) is 6.61 Å². The molecule has 0 unspecified atom stereocenters. The molecule has 0 aliphatic heterocycles. The number of rotatable bonds is 7. The maximum atomic E-state index is 11.7. The zero-order chi connectivity index (χ0) is 14.1. The number of carbonyl (C=O) groups is 2. The van der Waals surface area contributed by atoms with Crippen molar-refractivity contribution in [2.75, 3.05) is 26.8 Å². The molecular formula is C12H17N3O4. The van der Waals surface area contributed by atoms with Crippen LogP contribution >= 0.6 is 0 Å². The summed E-state index contributed by atoms with van der Waals surface area (Å²) in [6.07, 6.45) is 3.36. The van der Waals surface area contributed by atoms with Crippen molar-refractivity contribution in [3.05, 3.63) is 30.1 Å². The highest BCUT2D eigenvalue weighted by atomic mass is 16.5. The van der Waals surface area contributed by atoms with E-state index in [2.05, 4.69) is 10.3 Å². The Hall–Kier alpha value is -2.15. The number of hydrogen-bond donors (Lipinski definition) is 2. The summed E-state index contributed by atoms with van der Waals surface area (Å²) in [6, 6.07) is 3.44. The number of urea groups is 1. The minimum atomic E-state index is -1.03. The van der Waals surface area contributed by atoms with E-state index in [1.54, 1.807) is 25.5 Å². The number of amides is 2. The Labute approximate surface area is 111 Å². The topological polar surface area (TPSA) is 91.8 Å². The molecule has 0 aliphatic carbocycles. The second-order valence-electron chi connectivity index (χ2n) is 3.90. The van der Waals surface area contributed by atoms with Gasteiger partial charge in [-0.15, -0.1) is 0 Å². The van der Waals surface area contributed by atoms with Gasteiger partial charge < -0.3 is 20.1 Å². The molecule has 0 aromatic carbocycles. The highest BCUT2D eigenvalue weighted by Gasteiger charge is 2.08. The lowest BCUT2D eigenvalue weighted by Gasteiger charge is -2.17. The van der Waals surface area contributed by atoms with Crippen LogP contribution in [0.25, 0.3) is 0 Å². The standard InChI is InChI=1S/C12H17N3O4/c1-15(8-10-3-2-4-13-7-10)12(18)14-5-6-19-9-11(16)17/h2-4,7H,5-6,8-9H2,1H3,(H,14,18)(H,16,17). The number of nitrogens with zero attached hydrogens (tertiary/aromatic N) is 2. The molecule has 104 valence electrons. The van der Waals surface area contributed by atoms with E-state index in [4.69, 9.17) is 9.84 Å². The maximum Gasteiger partial charge on any atom is 0.329 e. The van der Waals surface area contributed by atoms with E-state index in [1.165, 1.54) is 4.90 Å². The van der Waals surface area contributed by atoms with Crippen molar-refractivity contribution in [1.29, 1.82) is 0 Å². The van der Waals surface area contributed by atoms with E-state index in [-0.39, 0.29) is 25.8 Å². The molecule has 19 heavy (non-hydrogen) atoms. The summed E-state index contributed by atoms with van der Waals surface area (Å²) in [5, 5.41) is 11.0. The smallest absolute Gasteiger partial charge is 0.329 e. The number of nitrogens with one attached hydrogen (secondary N) is 1. The van der Waals surface area contributed by atoms with Crippen LogP contribution in [0.2, 0.25) is 0 Å². The summed E-state index contributed by atoms with van der Waals surface area (Å²) in [7, 11) is 1.67. The molecule has 1 aromatic heterocycles. The predicted molar refractivity (Wildman–Crippen MR) is 67.6 cm³/mol. The third-order valence-electron chi connectivity index (χ3n) is 2.24. The Morgan fingerprint density at radius 3 is 2.95 bits per heavy atom. The summed E-state index contributed by atoms with van der Waals surface area (Å²) in [6.45, 7) is 0.527. The van der Waals surface area contributed by atoms with Crippen molar-refractivity contribution in [2.45, 2.75) is 6.54 Å². The van der Waals surface area contributed by atoms with E-state index in [9.17, 15) is 9.59 Å². The van der Waals surface area contributed by atoms with Gasteiger partial charge in [-0.3, -0.25) is 4.98 Å². The van der Waals surface area contributed by atoms with Crippen LogP contribution in [-0.4, -0.2) is 53.8 Å². The van der Waals surface area contributed by atoms with Gasteiger partial charge in [-0.25, -0.2) is 9.59 Å². The summed E-state index contributed by atoms with van der Waals surface area (Å²) in [5.41, 5.74) is 0.933. The fraction of sp³-hybridized carbons (Fsp3) is 0.417. The van der Waals surface area contributed by atoms with Crippen molar-refractivity contribution >= 4 is 12.0 Å². The van der Waals surface area contributed by atoms with Crippen molar-refractivity contribution < 1.29 is 19.4 Å². The number of pyridine rings is 1. The third kappa shape index (κ3) is 6.37. The Kier molecular flexibility index (Phi) is 6.31. The van der Waals surface area contributed by atoms with Crippen molar-refractivity contribution in [3.8, 4) is 0 Å². The zero-order valence-electron chi connectivity index (χ0n) is 10.7. The van der Waals surface area contributed by atoms with Gasteiger partial charge in [0.1, 0.15) is 6.61 Å². The quantitative estimate of drug-likeness (QED) is 0.694. The lowest BCUT2D eigenvalue weighted by atomic mass is 10.3. The van der Waals surface area contributed by atoms with Gasteiger partial charge in [-0.05, 0) is 11.6 Å². The molecule has 0 bridgehead atoms. The van der Waals surface area contributed by atoms with Crippen LogP contribution in [0.15, 0.2) is 24.5 Å². The Balaban J connectivity index is 2.20. The van der Waals surface area contributed by atoms with Crippen molar-refractivity contribution in [2.24, 2.45) is 0 Å². The first-order chi connectivity index (χ1) is 9.09. The van der Waals surface area contributed by atoms with E-state index < -0.39 is 5.97 Å². The largest absolute Gasteiger partial charge is 0.480 e. The maximum absolute atomic E-state index is 11.7. The van der Waals surface area contributed by atoms with Gasteiger partial charge in [-0.2, -0.15) is 0 Å². The van der Waals surface area contributed by atoms with E-state index >= 15 is 0 Å². The molecule has 0 saturated carbocycles. The van der Waals surface area contributed by atoms with Crippen LogP contribution in [0.4, 0.5) is 4.79 Å². The molecule has 1 rings (SSSR count). The Morgan fingerprint density at radius 1 is 1.53 bits per heavy atom. The highest BCUT2D eigenvalue weighted by Crippen LogP contribution is 2.00. The lowest BCUT2D eigenvalue weighted by molar-refractivity contribution is -0.142. The summed E-state index contributed by atoms with van der Waals surface area (Å²) < 4.78 is 4.80. The first-order valence-corrected chi connectivity index (χ1v) is 5.77. The molecule has 1 heterocycles. The Morgan fingerprint density at radius 2 is 2.32 bits per heavy atom. The van der Waals surface area contributed by atoms with Gasteiger partial charge in [0.2, 0.25) is 0 Å². The molecular weight excluding hydrogens is 250 g/mol. The number of carboxylic acid groups (broad SMARTS) is 1. The van der Waals surface area contributed by atoms with Gasteiger partial charge in [0.15, 0.2) is 0 Å². The Bertz CT molecular complexity index is 411. The average Bonchev–Trinajstić information content (AvgIpc) is 2.38. The molecule has 2 amide bonds.